The number of hydrogen-bond donors (Lipinski definition) is 1. The van der Waals surface area contributed by atoms with E-state index in [1.807, 2.05) is 30.3 Å². The van der Waals surface area contributed by atoms with Crippen molar-refractivity contribution in [2.24, 2.45) is 0 Å². The first-order valence-corrected chi connectivity index (χ1v) is 7.32. The van der Waals surface area contributed by atoms with Crippen molar-refractivity contribution in [1.82, 2.24) is 4.90 Å². The number of ether oxygens (including phenoxy) is 1. The van der Waals surface area contributed by atoms with E-state index in [0.717, 1.165) is 18.4 Å². The highest BCUT2D eigenvalue weighted by Gasteiger charge is 2.25. The van der Waals surface area contributed by atoms with Crippen LogP contribution in [0.2, 0.25) is 0 Å². The van der Waals surface area contributed by atoms with Crippen molar-refractivity contribution in [2.75, 3.05) is 13.2 Å². The number of nitrogens with zero attached hydrogens (tertiary/aromatic N) is 1. The summed E-state index contributed by atoms with van der Waals surface area (Å²) in [5.41, 5.74) is 0.800. The van der Waals surface area contributed by atoms with Gasteiger partial charge in [0.15, 0.2) is 0 Å². The average molecular weight is 289 g/mol. The number of amides is 1. The molecule has 0 aliphatic carbocycles. The molecule has 2 rings (SSSR count). The number of carbonyl (C=O) groups excluding carboxylic acids is 1. The average Bonchev–Trinajstić information content (AvgIpc) is 2.46. The van der Waals surface area contributed by atoms with Crippen LogP contribution in [0.1, 0.15) is 32.3 Å². The lowest BCUT2D eigenvalue weighted by atomic mass is 10.1. The largest absolute Gasteiger partial charge is 0.501 e. The third-order valence-corrected chi connectivity index (χ3v) is 3.29. The predicted octanol–water partition coefficient (Wildman–Crippen LogP) is 2.48. The van der Waals surface area contributed by atoms with Crippen molar-refractivity contribution < 1.29 is 14.6 Å². The summed E-state index contributed by atoms with van der Waals surface area (Å²) in [6.45, 7) is 4.87. The van der Waals surface area contributed by atoms with E-state index in [0.29, 0.717) is 18.7 Å². The Labute approximate surface area is 126 Å². The summed E-state index contributed by atoms with van der Waals surface area (Å²) >= 11 is 0. The van der Waals surface area contributed by atoms with Gasteiger partial charge >= 0.3 is 0 Å². The van der Waals surface area contributed by atoms with E-state index in [2.05, 4.69) is 0 Å². The molecule has 0 spiro atoms. The van der Waals surface area contributed by atoms with Crippen LogP contribution in [-0.2, 0) is 16.1 Å². The van der Waals surface area contributed by atoms with Crippen LogP contribution < -0.4 is 0 Å². The molecule has 21 heavy (non-hydrogen) atoms. The Morgan fingerprint density at radius 3 is 2.62 bits per heavy atom. The molecule has 1 aromatic rings. The van der Waals surface area contributed by atoms with Gasteiger partial charge in [-0.05, 0) is 32.3 Å². The molecule has 4 nitrogen and oxygen atoms in total. The fourth-order valence-corrected chi connectivity index (χ4v) is 2.40. The monoisotopic (exact) mass is 289 g/mol. The molecule has 1 amide bonds. The van der Waals surface area contributed by atoms with Crippen molar-refractivity contribution >= 4 is 5.91 Å². The maximum Gasteiger partial charge on any atom is 0.253 e. The van der Waals surface area contributed by atoms with Gasteiger partial charge in [-0.3, -0.25) is 4.79 Å². The summed E-state index contributed by atoms with van der Waals surface area (Å²) in [5.74, 6) is -0.0549. The molecule has 1 aliphatic heterocycles. The first kappa shape index (κ1) is 15.6. The van der Waals surface area contributed by atoms with E-state index in [4.69, 9.17) is 4.74 Å². The number of carbonyl (C=O) groups is 1. The highest BCUT2D eigenvalue weighted by molar-refractivity contribution is 5.93. The zero-order chi connectivity index (χ0) is 15.3. The maximum absolute atomic E-state index is 12.6. The zero-order valence-electron chi connectivity index (χ0n) is 12.7. The van der Waals surface area contributed by atoms with Gasteiger partial charge in [0.05, 0.1) is 24.0 Å². The first-order valence-electron chi connectivity index (χ1n) is 7.32. The second-order valence-electron chi connectivity index (χ2n) is 6.08. The van der Waals surface area contributed by atoms with Gasteiger partial charge in [0, 0.05) is 13.1 Å². The number of benzene rings is 1. The van der Waals surface area contributed by atoms with Crippen LogP contribution in [0.15, 0.2) is 42.2 Å². The van der Waals surface area contributed by atoms with Crippen LogP contribution in [0, 0.1) is 0 Å². The standard InChI is InChI=1S/C17H23NO3/c1-17(2,20)13-18(11-14-7-4-3-5-8-14)16(19)15-9-6-10-21-12-15/h3-5,7-8,12,20H,6,9-11,13H2,1-2H3. The molecular weight excluding hydrogens is 266 g/mol. The molecule has 4 heteroatoms. The van der Waals surface area contributed by atoms with Crippen LogP contribution in [0.5, 0.6) is 0 Å². The van der Waals surface area contributed by atoms with E-state index in [1.54, 1.807) is 25.0 Å². The van der Waals surface area contributed by atoms with Crippen molar-refractivity contribution in [2.45, 2.75) is 38.8 Å². The molecule has 0 unspecified atom stereocenters. The highest BCUT2D eigenvalue weighted by atomic mass is 16.5. The predicted molar refractivity (Wildman–Crippen MR) is 81.4 cm³/mol. The highest BCUT2D eigenvalue weighted by Crippen LogP contribution is 2.18. The summed E-state index contributed by atoms with van der Waals surface area (Å²) in [7, 11) is 0. The molecule has 114 valence electrons. The molecule has 0 atom stereocenters. The second-order valence-corrected chi connectivity index (χ2v) is 6.08. The SMILES string of the molecule is CC(C)(O)CN(Cc1ccccc1)C(=O)C1=COCCC1. The summed E-state index contributed by atoms with van der Waals surface area (Å²) < 4.78 is 5.26. The van der Waals surface area contributed by atoms with Gasteiger partial charge in [-0.2, -0.15) is 0 Å². The van der Waals surface area contributed by atoms with Gasteiger partial charge < -0.3 is 14.7 Å². The van der Waals surface area contributed by atoms with Gasteiger partial charge in [0.1, 0.15) is 0 Å². The lowest BCUT2D eigenvalue weighted by Crippen LogP contribution is -2.42. The third-order valence-electron chi connectivity index (χ3n) is 3.29. The first-order chi connectivity index (χ1) is 9.96. The number of aliphatic hydroxyl groups is 1. The third kappa shape index (κ3) is 4.90. The van der Waals surface area contributed by atoms with Crippen molar-refractivity contribution in [3.05, 3.63) is 47.7 Å². The minimum absolute atomic E-state index is 0.0549. The van der Waals surface area contributed by atoms with Gasteiger partial charge in [-0.25, -0.2) is 0 Å². The Balaban J connectivity index is 2.15. The summed E-state index contributed by atoms with van der Waals surface area (Å²) in [6, 6.07) is 9.81. The molecule has 0 saturated heterocycles. The Morgan fingerprint density at radius 1 is 1.33 bits per heavy atom. The minimum atomic E-state index is -0.930. The molecule has 0 bridgehead atoms. The normalized spacial score (nSPS) is 15.1. The molecule has 1 aromatic carbocycles. The summed E-state index contributed by atoms with van der Waals surface area (Å²) in [5, 5.41) is 10.1. The molecule has 1 N–H and O–H groups in total. The molecule has 1 aliphatic rings. The van der Waals surface area contributed by atoms with Gasteiger partial charge in [0.2, 0.25) is 0 Å². The lowest BCUT2D eigenvalue weighted by Gasteiger charge is -2.30. The van der Waals surface area contributed by atoms with Gasteiger partial charge in [-0.1, -0.05) is 30.3 Å². The number of hydrogen-bond acceptors (Lipinski definition) is 3. The van der Waals surface area contributed by atoms with Gasteiger partial charge in [-0.15, -0.1) is 0 Å². The van der Waals surface area contributed by atoms with Crippen LogP contribution in [-0.4, -0.2) is 34.7 Å². The quantitative estimate of drug-likeness (QED) is 0.906. The van der Waals surface area contributed by atoms with Crippen molar-refractivity contribution in [1.29, 1.82) is 0 Å². The smallest absolute Gasteiger partial charge is 0.253 e. The fourth-order valence-electron chi connectivity index (χ4n) is 2.40. The Morgan fingerprint density at radius 2 is 2.05 bits per heavy atom. The summed E-state index contributed by atoms with van der Waals surface area (Å²) in [6.07, 6.45) is 3.16. The molecule has 0 saturated carbocycles. The van der Waals surface area contributed by atoms with Crippen LogP contribution in [0.3, 0.4) is 0 Å². The molecule has 0 radical (unpaired) electrons. The lowest BCUT2D eigenvalue weighted by molar-refractivity contribution is -0.131. The summed E-state index contributed by atoms with van der Waals surface area (Å²) in [4.78, 5) is 14.3. The van der Waals surface area contributed by atoms with E-state index < -0.39 is 5.60 Å². The molecular formula is C17H23NO3. The van der Waals surface area contributed by atoms with Crippen molar-refractivity contribution in [3.63, 3.8) is 0 Å². The maximum atomic E-state index is 12.6. The Bertz CT molecular complexity index is 503. The Kier molecular flexibility index (Phi) is 5.02. The van der Waals surface area contributed by atoms with Crippen LogP contribution in [0.25, 0.3) is 0 Å². The Hall–Kier alpha value is -1.81. The zero-order valence-corrected chi connectivity index (χ0v) is 12.7. The topological polar surface area (TPSA) is 49.8 Å². The van der Waals surface area contributed by atoms with E-state index in [9.17, 15) is 9.90 Å². The second kappa shape index (κ2) is 6.76. The van der Waals surface area contributed by atoms with Crippen LogP contribution in [0.4, 0.5) is 0 Å². The van der Waals surface area contributed by atoms with E-state index in [-0.39, 0.29) is 12.5 Å². The van der Waals surface area contributed by atoms with Crippen LogP contribution >= 0.6 is 0 Å². The minimum Gasteiger partial charge on any atom is -0.501 e. The fraction of sp³-hybridized carbons (Fsp3) is 0.471. The van der Waals surface area contributed by atoms with E-state index >= 15 is 0 Å². The molecule has 0 fully saturated rings. The van der Waals surface area contributed by atoms with Crippen molar-refractivity contribution in [3.8, 4) is 0 Å². The molecule has 1 heterocycles. The molecule has 0 aromatic heterocycles. The van der Waals surface area contributed by atoms with Gasteiger partial charge in [0.25, 0.3) is 5.91 Å². The van der Waals surface area contributed by atoms with E-state index in [1.165, 1.54) is 0 Å². The number of rotatable bonds is 5.